The highest BCUT2D eigenvalue weighted by Gasteiger charge is 2.46. The van der Waals surface area contributed by atoms with E-state index >= 15 is 0 Å². The topological polar surface area (TPSA) is 4.93 Å². The molecule has 0 radical (unpaired) electrons. The van der Waals surface area contributed by atoms with Crippen LogP contribution in [-0.4, -0.2) is 12.6 Å². The van der Waals surface area contributed by atoms with Crippen molar-refractivity contribution in [3.63, 3.8) is 0 Å². The van der Waals surface area contributed by atoms with Crippen LogP contribution in [0.4, 0.5) is 0 Å². The monoisotopic (exact) mass is 581 g/mol. The van der Waals surface area contributed by atoms with Gasteiger partial charge in [-0.05, 0) is 69.0 Å². The zero-order valence-electron chi connectivity index (χ0n) is 25.2. The Bertz CT molecular complexity index is 1900. The third-order valence-corrected chi connectivity index (χ3v) is 13.7. The molecule has 1 nitrogen and oxygen atoms in total. The standard InChI is InChI=1S/C42H35NSi/c1-32-19-18-24-36(31-32)43-40(34-20-8-3-9-21-34)33(2)42(41(43)35-22-10-4-11-23-35)44(37-25-12-5-13-26-37,38-27-14-6-15-28-38)39-29-16-7-17-30-39/h3-31H,1-2H3. The molecule has 0 amide bonds. The van der Waals surface area contributed by atoms with E-state index in [0.717, 1.165) is 0 Å². The van der Waals surface area contributed by atoms with E-state index in [9.17, 15) is 0 Å². The van der Waals surface area contributed by atoms with Crippen LogP contribution < -0.4 is 20.7 Å². The Morgan fingerprint density at radius 2 is 0.818 bits per heavy atom. The second kappa shape index (κ2) is 11.8. The van der Waals surface area contributed by atoms with Crippen LogP contribution in [0, 0.1) is 13.8 Å². The molecule has 44 heavy (non-hydrogen) atoms. The second-order valence-corrected chi connectivity index (χ2v) is 15.2. The molecule has 212 valence electrons. The van der Waals surface area contributed by atoms with E-state index in [4.69, 9.17) is 0 Å². The van der Waals surface area contributed by atoms with Crippen molar-refractivity contribution in [3.8, 4) is 28.2 Å². The van der Waals surface area contributed by atoms with Gasteiger partial charge in [0.15, 0.2) is 8.07 Å². The molecule has 0 unspecified atom stereocenters. The molecular weight excluding hydrogens is 547 g/mol. The largest absolute Gasteiger partial charge is 0.309 e. The summed E-state index contributed by atoms with van der Waals surface area (Å²) in [6.45, 7) is 4.54. The Morgan fingerprint density at radius 1 is 0.409 bits per heavy atom. The molecule has 0 aliphatic rings. The maximum atomic E-state index is 2.54. The molecule has 2 heteroatoms. The van der Waals surface area contributed by atoms with Crippen molar-refractivity contribution in [1.82, 2.24) is 4.57 Å². The van der Waals surface area contributed by atoms with Crippen molar-refractivity contribution >= 4 is 28.8 Å². The zero-order valence-corrected chi connectivity index (χ0v) is 26.2. The maximum absolute atomic E-state index is 2.88. The number of rotatable bonds is 7. The molecule has 0 N–H and O–H groups in total. The quantitative estimate of drug-likeness (QED) is 0.134. The van der Waals surface area contributed by atoms with Gasteiger partial charge in [-0.3, -0.25) is 0 Å². The summed E-state index contributed by atoms with van der Waals surface area (Å²) < 4.78 is 2.54. The summed E-state index contributed by atoms with van der Waals surface area (Å²) in [6, 6.07) is 64.6. The highest BCUT2D eigenvalue weighted by atomic mass is 28.3. The van der Waals surface area contributed by atoms with Gasteiger partial charge in [-0.1, -0.05) is 164 Å². The minimum Gasteiger partial charge on any atom is -0.309 e. The van der Waals surface area contributed by atoms with E-state index in [2.05, 4.69) is 194 Å². The number of nitrogens with zero attached hydrogens (tertiary/aromatic N) is 1. The second-order valence-electron chi connectivity index (χ2n) is 11.5. The molecule has 0 aliphatic carbocycles. The lowest BCUT2D eigenvalue weighted by molar-refractivity contribution is 1.09. The Balaban J connectivity index is 1.76. The predicted molar refractivity (Wildman–Crippen MR) is 190 cm³/mol. The summed E-state index contributed by atoms with van der Waals surface area (Å²) >= 11 is 0. The van der Waals surface area contributed by atoms with E-state index in [1.165, 1.54) is 60.1 Å². The number of benzene rings is 6. The lowest BCUT2D eigenvalue weighted by Crippen LogP contribution is -2.75. The smallest absolute Gasteiger partial charge is 0.182 e. The molecule has 0 fully saturated rings. The van der Waals surface area contributed by atoms with Gasteiger partial charge in [0, 0.05) is 5.69 Å². The van der Waals surface area contributed by atoms with Gasteiger partial charge in [0.25, 0.3) is 0 Å². The molecule has 0 aliphatic heterocycles. The molecule has 7 aromatic rings. The minimum absolute atomic E-state index is 1.18. The Labute approximate surface area is 261 Å². The fraction of sp³-hybridized carbons (Fsp3) is 0.0476. The van der Waals surface area contributed by atoms with Gasteiger partial charge in [-0.15, -0.1) is 0 Å². The van der Waals surface area contributed by atoms with E-state index in [1.54, 1.807) is 0 Å². The first-order valence-electron chi connectivity index (χ1n) is 15.3. The molecule has 0 bridgehead atoms. The molecule has 1 heterocycles. The molecular formula is C42H35NSi. The summed E-state index contributed by atoms with van der Waals surface area (Å²) in [7, 11) is -2.88. The van der Waals surface area contributed by atoms with E-state index < -0.39 is 8.07 Å². The van der Waals surface area contributed by atoms with E-state index in [1.807, 2.05) is 0 Å². The molecule has 0 atom stereocenters. The molecule has 6 aromatic carbocycles. The first-order chi connectivity index (χ1) is 21.7. The summed E-state index contributed by atoms with van der Waals surface area (Å²) in [6.07, 6.45) is 0. The molecule has 0 spiro atoms. The predicted octanol–water partition coefficient (Wildman–Crippen LogP) is 7.81. The molecule has 7 rings (SSSR count). The fourth-order valence-corrected chi connectivity index (χ4v) is 12.2. The molecule has 1 aromatic heterocycles. The average Bonchev–Trinajstić information content (AvgIpc) is 3.40. The third-order valence-electron chi connectivity index (χ3n) is 8.76. The minimum atomic E-state index is -2.88. The lowest BCUT2D eigenvalue weighted by Gasteiger charge is -2.35. The van der Waals surface area contributed by atoms with Crippen LogP contribution in [0.15, 0.2) is 176 Å². The van der Waals surface area contributed by atoms with Gasteiger partial charge in [-0.2, -0.15) is 0 Å². The summed E-state index contributed by atoms with van der Waals surface area (Å²) in [5, 5.41) is 5.55. The fourth-order valence-electron chi connectivity index (χ4n) is 6.98. The molecule has 0 saturated carbocycles. The summed E-state index contributed by atoms with van der Waals surface area (Å²) in [4.78, 5) is 0. The van der Waals surface area contributed by atoms with Gasteiger partial charge >= 0.3 is 0 Å². The van der Waals surface area contributed by atoms with Crippen LogP contribution in [0.5, 0.6) is 0 Å². The number of aromatic nitrogens is 1. The normalized spacial score (nSPS) is 11.4. The van der Waals surface area contributed by atoms with Crippen LogP contribution >= 0.6 is 0 Å². The Hall–Kier alpha value is -5.18. The van der Waals surface area contributed by atoms with Crippen molar-refractivity contribution < 1.29 is 0 Å². The van der Waals surface area contributed by atoms with E-state index in [0.29, 0.717) is 0 Å². The highest BCUT2D eigenvalue weighted by molar-refractivity contribution is 7.20. The summed E-state index contributed by atoms with van der Waals surface area (Å²) in [5.41, 5.74) is 8.67. The number of hydrogen-bond donors (Lipinski definition) is 0. The van der Waals surface area contributed by atoms with Gasteiger partial charge in [0.2, 0.25) is 0 Å². The van der Waals surface area contributed by atoms with Crippen molar-refractivity contribution in [2.75, 3.05) is 0 Å². The van der Waals surface area contributed by atoms with Crippen LogP contribution in [0.25, 0.3) is 28.2 Å². The van der Waals surface area contributed by atoms with Gasteiger partial charge in [0.05, 0.1) is 11.4 Å². The van der Waals surface area contributed by atoms with Crippen LogP contribution in [-0.2, 0) is 0 Å². The average molecular weight is 582 g/mol. The van der Waals surface area contributed by atoms with E-state index in [-0.39, 0.29) is 0 Å². The Morgan fingerprint density at radius 3 is 1.25 bits per heavy atom. The number of hydrogen-bond acceptors (Lipinski definition) is 0. The van der Waals surface area contributed by atoms with Crippen molar-refractivity contribution in [2.24, 2.45) is 0 Å². The van der Waals surface area contributed by atoms with Crippen molar-refractivity contribution in [2.45, 2.75) is 13.8 Å². The van der Waals surface area contributed by atoms with Crippen molar-refractivity contribution in [1.29, 1.82) is 0 Å². The van der Waals surface area contributed by atoms with Crippen LogP contribution in [0.2, 0.25) is 0 Å². The Kier molecular flexibility index (Phi) is 7.43. The number of aryl methyl sites for hydroxylation is 1. The third kappa shape index (κ3) is 4.65. The first kappa shape index (κ1) is 27.6. The maximum Gasteiger partial charge on any atom is 0.182 e. The zero-order chi connectivity index (χ0) is 29.9. The van der Waals surface area contributed by atoms with Gasteiger partial charge < -0.3 is 4.57 Å². The van der Waals surface area contributed by atoms with Crippen LogP contribution in [0.3, 0.4) is 0 Å². The van der Waals surface area contributed by atoms with Crippen LogP contribution in [0.1, 0.15) is 11.1 Å². The highest BCUT2D eigenvalue weighted by Crippen LogP contribution is 2.36. The molecule has 0 saturated heterocycles. The SMILES string of the molecule is Cc1cccc(-n2c(-c3ccccc3)c(C)c([Si](c3ccccc3)(c3ccccc3)c3ccccc3)c2-c2ccccc2)c1. The summed E-state index contributed by atoms with van der Waals surface area (Å²) in [5.74, 6) is 0. The lowest BCUT2D eigenvalue weighted by atomic mass is 10.1. The first-order valence-corrected chi connectivity index (χ1v) is 17.3. The van der Waals surface area contributed by atoms with Gasteiger partial charge in [-0.25, -0.2) is 0 Å². The van der Waals surface area contributed by atoms with Gasteiger partial charge in [0.1, 0.15) is 0 Å². The van der Waals surface area contributed by atoms with Crippen molar-refractivity contribution in [3.05, 3.63) is 187 Å².